The number of anilines is 1. The van der Waals surface area contributed by atoms with Crippen LogP contribution in [-0.2, 0) is 14.3 Å². The van der Waals surface area contributed by atoms with E-state index < -0.39 is 23.3 Å². The number of likely N-dealkylation sites (tertiary alicyclic amines) is 1. The molecule has 3 atom stereocenters. The summed E-state index contributed by atoms with van der Waals surface area (Å²) in [6.07, 6.45) is 2.18. The lowest BCUT2D eigenvalue weighted by Crippen LogP contribution is -2.62. The van der Waals surface area contributed by atoms with E-state index in [2.05, 4.69) is 0 Å². The Hall–Kier alpha value is -3.55. The summed E-state index contributed by atoms with van der Waals surface area (Å²) >= 11 is 0. The van der Waals surface area contributed by atoms with Crippen LogP contribution in [0.2, 0.25) is 0 Å². The highest BCUT2D eigenvalue weighted by Gasteiger charge is 2.64. The quantitative estimate of drug-likeness (QED) is 0.549. The van der Waals surface area contributed by atoms with Crippen LogP contribution in [0, 0.1) is 11.8 Å². The van der Waals surface area contributed by atoms with Gasteiger partial charge in [-0.05, 0) is 62.4 Å². The summed E-state index contributed by atoms with van der Waals surface area (Å²) in [5.74, 6) is -0.682. The van der Waals surface area contributed by atoms with Gasteiger partial charge < -0.3 is 24.0 Å². The molecule has 2 aliphatic heterocycles. The first kappa shape index (κ1) is 24.2. The van der Waals surface area contributed by atoms with Gasteiger partial charge in [0, 0.05) is 30.3 Å². The smallest absolute Gasteiger partial charge is 0.311 e. The molecule has 1 aliphatic carbocycles. The average molecular weight is 493 g/mol. The molecule has 0 unspecified atom stereocenters. The third-order valence-electron chi connectivity index (χ3n) is 7.79. The van der Waals surface area contributed by atoms with Gasteiger partial charge in [-0.3, -0.25) is 14.4 Å². The number of fused-ring (bicyclic) bond motifs is 3. The van der Waals surface area contributed by atoms with Gasteiger partial charge in [-0.15, -0.1) is 0 Å². The molecule has 2 heterocycles. The first-order valence-electron chi connectivity index (χ1n) is 12.5. The third-order valence-corrected chi connectivity index (χ3v) is 7.79. The van der Waals surface area contributed by atoms with Gasteiger partial charge in [-0.25, -0.2) is 0 Å². The van der Waals surface area contributed by atoms with Gasteiger partial charge in [0.1, 0.15) is 5.54 Å². The second-order valence-corrected chi connectivity index (χ2v) is 9.89. The number of hydrogen-bond donors (Lipinski definition) is 0. The van der Waals surface area contributed by atoms with E-state index in [1.165, 1.54) is 14.2 Å². The molecule has 3 aliphatic rings. The number of para-hydroxylation sites is 1. The Morgan fingerprint density at radius 2 is 1.78 bits per heavy atom. The first-order chi connectivity index (χ1) is 17.3. The van der Waals surface area contributed by atoms with Crippen LogP contribution in [0.4, 0.5) is 5.69 Å². The molecule has 0 bridgehead atoms. The second kappa shape index (κ2) is 9.15. The fraction of sp³-hybridized carbons (Fsp3) is 0.464. The summed E-state index contributed by atoms with van der Waals surface area (Å²) in [4.78, 5) is 44.9. The lowest BCUT2D eigenvalue weighted by atomic mass is 9.72. The fourth-order valence-electron chi connectivity index (χ4n) is 5.82. The lowest BCUT2D eigenvalue weighted by Gasteiger charge is -2.46. The van der Waals surface area contributed by atoms with Crippen LogP contribution in [0.25, 0.3) is 0 Å². The number of amides is 2. The van der Waals surface area contributed by atoms with Crippen LogP contribution in [0.15, 0.2) is 42.5 Å². The van der Waals surface area contributed by atoms with E-state index in [0.717, 1.165) is 24.1 Å². The highest BCUT2D eigenvalue weighted by Crippen LogP contribution is 2.54. The molecule has 2 amide bonds. The number of carbonyl (C=O) groups excluding carboxylic acids is 3. The van der Waals surface area contributed by atoms with Crippen molar-refractivity contribution in [1.29, 1.82) is 0 Å². The molecule has 36 heavy (non-hydrogen) atoms. The maximum atomic E-state index is 14.3. The molecule has 0 radical (unpaired) electrons. The number of benzene rings is 2. The van der Waals surface area contributed by atoms with E-state index in [-0.39, 0.29) is 25.0 Å². The number of ether oxygens (including phenoxy) is 3. The number of hydrogen-bond acceptors (Lipinski definition) is 6. The molecule has 5 rings (SSSR count). The van der Waals surface area contributed by atoms with Crippen LogP contribution in [-0.4, -0.2) is 62.1 Å². The molecule has 0 spiro atoms. The predicted octanol–water partition coefficient (Wildman–Crippen LogP) is 3.64. The second-order valence-electron chi connectivity index (χ2n) is 9.89. The molecule has 0 N–H and O–H groups in total. The summed E-state index contributed by atoms with van der Waals surface area (Å²) in [5, 5.41) is 0. The average Bonchev–Trinajstić information content (AvgIpc) is 3.66. The molecule has 1 saturated heterocycles. The topological polar surface area (TPSA) is 85.4 Å². The summed E-state index contributed by atoms with van der Waals surface area (Å²) in [7, 11) is 3.04. The van der Waals surface area contributed by atoms with E-state index in [1.807, 2.05) is 29.2 Å². The zero-order valence-corrected chi connectivity index (χ0v) is 21.2. The lowest BCUT2D eigenvalue weighted by molar-refractivity contribution is -0.148. The Morgan fingerprint density at radius 1 is 1.06 bits per heavy atom. The van der Waals surface area contributed by atoms with Gasteiger partial charge >= 0.3 is 5.97 Å². The van der Waals surface area contributed by atoms with Crippen molar-refractivity contribution >= 4 is 23.5 Å². The van der Waals surface area contributed by atoms with Gasteiger partial charge in [0.05, 0.1) is 26.7 Å². The van der Waals surface area contributed by atoms with Crippen molar-refractivity contribution in [3.05, 3.63) is 53.6 Å². The maximum absolute atomic E-state index is 14.3. The number of carbonyl (C=O) groups is 3. The minimum absolute atomic E-state index is 0.0878. The van der Waals surface area contributed by atoms with E-state index >= 15 is 0 Å². The zero-order chi connectivity index (χ0) is 25.6. The van der Waals surface area contributed by atoms with E-state index in [1.54, 1.807) is 36.9 Å². The molecular formula is C28H32N2O6. The van der Waals surface area contributed by atoms with E-state index in [0.29, 0.717) is 29.5 Å². The van der Waals surface area contributed by atoms with Crippen molar-refractivity contribution in [3.8, 4) is 11.5 Å². The minimum atomic E-state index is -1.25. The van der Waals surface area contributed by atoms with Gasteiger partial charge in [-0.2, -0.15) is 0 Å². The first-order valence-corrected chi connectivity index (χ1v) is 12.5. The molecule has 0 aromatic heterocycles. The standard InChI is InChI=1S/C28H32N2O6/c1-5-36-26(32)20-16-30(25(31)18-12-13-22(34-3)23(14-18)35-4)28(2)24(20)19-8-6-7-9-21(19)29(27(28)33)15-17-10-11-17/h6-9,12-14,17,20,24H,5,10-11,15-16H2,1-4H3/t20-,24+,28-/m0/s1. The number of esters is 1. The number of rotatable bonds is 7. The largest absolute Gasteiger partial charge is 0.493 e. The maximum Gasteiger partial charge on any atom is 0.311 e. The van der Waals surface area contributed by atoms with Crippen LogP contribution in [0.3, 0.4) is 0 Å². The van der Waals surface area contributed by atoms with Gasteiger partial charge in [-0.1, -0.05) is 18.2 Å². The molecule has 8 heteroatoms. The Labute approximate surface area is 211 Å². The Bertz CT molecular complexity index is 1210. The molecule has 190 valence electrons. The predicted molar refractivity (Wildman–Crippen MR) is 133 cm³/mol. The van der Waals surface area contributed by atoms with Crippen molar-refractivity contribution in [2.75, 3.05) is 38.8 Å². The van der Waals surface area contributed by atoms with Gasteiger partial charge in [0.15, 0.2) is 11.5 Å². The van der Waals surface area contributed by atoms with E-state index in [4.69, 9.17) is 14.2 Å². The SMILES string of the molecule is CCOC(=O)[C@H]1CN(C(=O)c2ccc(OC)c(OC)c2)[C@]2(C)C(=O)N(CC3CC3)c3ccccc3[C@H]12. The number of methoxy groups -OCH3 is 2. The summed E-state index contributed by atoms with van der Waals surface area (Å²) in [6.45, 7) is 4.49. The molecule has 2 fully saturated rings. The Kier molecular flexibility index (Phi) is 6.14. The van der Waals surface area contributed by atoms with Crippen LogP contribution >= 0.6 is 0 Å². The summed E-state index contributed by atoms with van der Waals surface area (Å²) in [5.41, 5.74) is 0.843. The highest BCUT2D eigenvalue weighted by atomic mass is 16.5. The van der Waals surface area contributed by atoms with Crippen molar-refractivity contribution in [1.82, 2.24) is 4.90 Å². The number of nitrogens with zero attached hydrogens (tertiary/aromatic N) is 2. The Balaban J connectivity index is 1.63. The van der Waals surface area contributed by atoms with E-state index in [9.17, 15) is 14.4 Å². The molecule has 8 nitrogen and oxygen atoms in total. The van der Waals surface area contributed by atoms with Crippen LogP contribution < -0.4 is 14.4 Å². The molecular weight excluding hydrogens is 460 g/mol. The molecule has 2 aromatic rings. The monoisotopic (exact) mass is 492 g/mol. The van der Waals surface area contributed by atoms with Gasteiger partial charge in [0.25, 0.3) is 11.8 Å². The van der Waals surface area contributed by atoms with Crippen LogP contribution in [0.1, 0.15) is 48.5 Å². The normalized spacial score (nSPS) is 24.7. The Morgan fingerprint density at radius 3 is 2.44 bits per heavy atom. The van der Waals surface area contributed by atoms with Crippen molar-refractivity contribution in [2.45, 2.75) is 38.1 Å². The fourth-order valence-corrected chi connectivity index (χ4v) is 5.82. The zero-order valence-electron chi connectivity index (χ0n) is 21.2. The van der Waals surface area contributed by atoms with Crippen molar-refractivity contribution < 1.29 is 28.6 Å². The summed E-state index contributed by atoms with van der Waals surface area (Å²) < 4.78 is 16.2. The minimum Gasteiger partial charge on any atom is -0.493 e. The highest BCUT2D eigenvalue weighted by molar-refractivity contribution is 6.09. The van der Waals surface area contributed by atoms with Crippen molar-refractivity contribution in [3.63, 3.8) is 0 Å². The summed E-state index contributed by atoms with van der Waals surface area (Å²) in [6, 6.07) is 12.7. The third kappa shape index (κ3) is 3.70. The van der Waals surface area contributed by atoms with Gasteiger partial charge in [0.2, 0.25) is 0 Å². The van der Waals surface area contributed by atoms with Crippen molar-refractivity contribution in [2.24, 2.45) is 11.8 Å². The molecule has 1 saturated carbocycles. The molecule has 2 aromatic carbocycles. The van der Waals surface area contributed by atoms with Crippen LogP contribution in [0.5, 0.6) is 11.5 Å².